The Balaban J connectivity index is 2.33. The molecule has 2 aliphatic carbocycles. The number of halogens is 1. The number of allylic oxidation sites excluding steroid dienone is 1. The zero-order valence-electron chi connectivity index (χ0n) is 11.4. The van der Waals surface area contributed by atoms with Crippen LogP contribution in [0.15, 0.2) is 11.6 Å². The van der Waals surface area contributed by atoms with Gasteiger partial charge in [-0.1, -0.05) is 48.4 Å². The molecule has 98 valence electrons. The molecule has 0 saturated heterocycles. The maximum Gasteiger partial charge on any atom is 0.0641 e. The summed E-state index contributed by atoms with van der Waals surface area (Å²) in [7, 11) is 0. The Morgan fingerprint density at radius 3 is 2.71 bits per heavy atom. The van der Waals surface area contributed by atoms with Crippen molar-refractivity contribution < 1.29 is 5.11 Å². The van der Waals surface area contributed by atoms with Crippen molar-refractivity contribution in [3.63, 3.8) is 0 Å². The Hall–Kier alpha value is 0.180. The van der Waals surface area contributed by atoms with Gasteiger partial charge in [0.15, 0.2) is 0 Å². The second kappa shape index (κ2) is 4.70. The molecule has 0 aromatic carbocycles. The molecular weight excluding hydrogens is 276 g/mol. The molecule has 2 aliphatic rings. The van der Waals surface area contributed by atoms with Crippen LogP contribution in [0, 0.1) is 23.2 Å². The second-order valence-corrected chi connectivity index (χ2v) is 7.68. The predicted octanol–water partition coefficient (Wildman–Crippen LogP) is 4.15. The molecule has 0 spiro atoms. The molecule has 0 aromatic rings. The molecule has 2 rings (SSSR count). The van der Waals surface area contributed by atoms with Crippen LogP contribution in [0.4, 0.5) is 0 Å². The summed E-state index contributed by atoms with van der Waals surface area (Å²) >= 11 is 3.84. The Labute approximate surface area is 114 Å². The molecule has 2 heteroatoms. The summed E-state index contributed by atoms with van der Waals surface area (Å²) in [5.41, 5.74) is 1.64. The van der Waals surface area contributed by atoms with Gasteiger partial charge in [-0.2, -0.15) is 0 Å². The molecule has 3 unspecified atom stereocenters. The van der Waals surface area contributed by atoms with Crippen molar-refractivity contribution in [2.24, 2.45) is 23.2 Å². The number of hydrogen-bond donors (Lipinski definition) is 1. The Morgan fingerprint density at radius 1 is 1.47 bits per heavy atom. The summed E-state index contributed by atoms with van der Waals surface area (Å²) in [6.45, 7) is 9.04. The number of alkyl halides is 1. The summed E-state index contributed by atoms with van der Waals surface area (Å²) in [6, 6.07) is 0. The Kier molecular flexibility index (Phi) is 3.76. The SMILES string of the molecule is CC1=CC[C@@H](Br)[C@]2(C)CCC(C(C)C)C(O)C12. The fourth-order valence-electron chi connectivity index (χ4n) is 4.00. The van der Waals surface area contributed by atoms with Crippen LogP contribution in [-0.2, 0) is 0 Å². The maximum atomic E-state index is 10.7. The number of hydrogen-bond acceptors (Lipinski definition) is 1. The first-order chi connectivity index (χ1) is 7.88. The summed E-state index contributed by atoms with van der Waals surface area (Å²) in [4.78, 5) is 0.520. The van der Waals surface area contributed by atoms with Crippen molar-refractivity contribution in [2.45, 2.75) is 57.9 Å². The molecule has 1 nitrogen and oxygen atoms in total. The summed E-state index contributed by atoms with van der Waals surface area (Å²) in [5.74, 6) is 1.40. The van der Waals surface area contributed by atoms with E-state index >= 15 is 0 Å². The third-order valence-electron chi connectivity index (χ3n) is 5.22. The van der Waals surface area contributed by atoms with Gasteiger partial charge in [0.05, 0.1) is 6.10 Å². The van der Waals surface area contributed by atoms with Crippen LogP contribution in [0.25, 0.3) is 0 Å². The molecule has 0 aromatic heterocycles. The second-order valence-electron chi connectivity index (χ2n) is 6.57. The van der Waals surface area contributed by atoms with Gasteiger partial charge in [0, 0.05) is 10.7 Å². The van der Waals surface area contributed by atoms with Gasteiger partial charge in [-0.3, -0.25) is 0 Å². The van der Waals surface area contributed by atoms with E-state index < -0.39 is 0 Å². The largest absolute Gasteiger partial charge is 0.392 e. The van der Waals surface area contributed by atoms with E-state index in [1.165, 1.54) is 18.4 Å². The third kappa shape index (κ3) is 2.12. The smallest absolute Gasteiger partial charge is 0.0641 e. The average Bonchev–Trinajstić information content (AvgIpc) is 2.23. The van der Waals surface area contributed by atoms with Crippen LogP contribution >= 0.6 is 15.9 Å². The standard InChI is InChI=1S/C15H25BrO/c1-9(2)11-7-8-15(4)12(16)6-5-10(3)13(15)14(11)17/h5,9,11-14,17H,6-8H2,1-4H3/t11?,12-,13?,14?,15+/m1/s1. The predicted molar refractivity (Wildman–Crippen MR) is 76.3 cm³/mol. The van der Waals surface area contributed by atoms with Gasteiger partial charge in [-0.25, -0.2) is 0 Å². The summed E-state index contributed by atoms with van der Waals surface area (Å²) in [6.07, 6.45) is 5.67. The minimum Gasteiger partial charge on any atom is -0.392 e. The molecule has 0 radical (unpaired) electrons. The molecule has 1 N–H and O–H groups in total. The van der Waals surface area contributed by atoms with E-state index in [1.54, 1.807) is 0 Å². The van der Waals surface area contributed by atoms with Crippen LogP contribution in [-0.4, -0.2) is 16.0 Å². The van der Waals surface area contributed by atoms with Crippen molar-refractivity contribution in [3.05, 3.63) is 11.6 Å². The van der Waals surface area contributed by atoms with E-state index in [4.69, 9.17) is 0 Å². The highest BCUT2D eigenvalue weighted by Crippen LogP contribution is 2.55. The van der Waals surface area contributed by atoms with Crippen LogP contribution in [0.3, 0.4) is 0 Å². The highest BCUT2D eigenvalue weighted by atomic mass is 79.9. The normalized spacial score (nSPS) is 46.6. The zero-order chi connectivity index (χ0) is 12.8. The van der Waals surface area contributed by atoms with Crippen molar-refractivity contribution in [1.29, 1.82) is 0 Å². The highest BCUT2D eigenvalue weighted by Gasteiger charge is 2.51. The fourth-order valence-corrected chi connectivity index (χ4v) is 4.70. The van der Waals surface area contributed by atoms with E-state index in [2.05, 4.69) is 49.7 Å². The highest BCUT2D eigenvalue weighted by molar-refractivity contribution is 9.09. The molecule has 1 saturated carbocycles. The topological polar surface area (TPSA) is 20.2 Å². The maximum absolute atomic E-state index is 10.7. The van der Waals surface area contributed by atoms with Gasteiger partial charge in [-0.05, 0) is 43.4 Å². The lowest BCUT2D eigenvalue weighted by Crippen LogP contribution is -2.52. The molecular formula is C15H25BrO. The lowest BCUT2D eigenvalue weighted by Gasteiger charge is -2.53. The fraction of sp³-hybridized carbons (Fsp3) is 0.867. The molecule has 0 heterocycles. The molecule has 5 atom stereocenters. The lowest BCUT2D eigenvalue weighted by molar-refractivity contribution is -0.0576. The Bertz CT molecular complexity index is 323. The lowest BCUT2D eigenvalue weighted by atomic mass is 9.55. The minimum atomic E-state index is -0.162. The van der Waals surface area contributed by atoms with E-state index in [0.29, 0.717) is 22.6 Å². The average molecular weight is 301 g/mol. The third-order valence-corrected chi connectivity index (χ3v) is 6.64. The van der Waals surface area contributed by atoms with Gasteiger partial charge in [0.1, 0.15) is 0 Å². The quantitative estimate of drug-likeness (QED) is 0.570. The van der Waals surface area contributed by atoms with Gasteiger partial charge < -0.3 is 5.11 Å². The monoisotopic (exact) mass is 300 g/mol. The first-order valence-electron chi connectivity index (χ1n) is 6.86. The number of fused-ring (bicyclic) bond motifs is 1. The van der Waals surface area contributed by atoms with E-state index in [1.807, 2.05) is 0 Å². The molecule has 0 bridgehead atoms. The van der Waals surface area contributed by atoms with Crippen LogP contribution in [0.1, 0.15) is 47.0 Å². The van der Waals surface area contributed by atoms with Crippen molar-refractivity contribution in [2.75, 3.05) is 0 Å². The van der Waals surface area contributed by atoms with Gasteiger partial charge in [0.25, 0.3) is 0 Å². The van der Waals surface area contributed by atoms with Crippen molar-refractivity contribution in [1.82, 2.24) is 0 Å². The van der Waals surface area contributed by atoms with E-state index in [0.717, 1.165) is 6.42 Å². The van der Waals surface area contributed by atoms with Crippen molar-refractivity contribution in [3.8, 4) is 0 Å². The number of aliphatic hydroxyl groups is 1. The zero-order valence-corrected chi connectivity index (χ0v) is 13.0. The van der Waals surface area contributed by atoms with Gasteiger partial charge in [0.2, 0.25) is 0 Å². The summed E-state index contributed by atoms with van der Waals surface area (Å²) in [5, 5.41) is 10.7. The molecule has 0 aliphatic heterocycles. The first kappa shape index (κ1) is 13.6. The van der Waals surface area contributed by atoms with E-state index in [9.17, 15) is 5.11 Å². The van der Waals surface area contributed by atoms with Crippen LogP contribution in [0.2, 0.25) is 0 Å². The van der Waals surface area contributed by atoms with Crippen LogP contribution in [0.5, 0.6) is 0 Å². The minimum absolute atomic E-state index is 0.162. The summed E-state index contributed by atoms with van der Waals surface area (Å²) < 4.78 is 0. The Morgan fingerprint density at radius 2 is 2.12 bits per heavy atom. The molecule has 17 heavy (non-hydrogen) atoms. The number of rotatable bonds is 1. The van der Waals surface area contributed by atoms with Gasteiger partial charge >= 0.3 is 0 Å². The van der Waals surface area contributed by atoms with Crippen molar-refractivity contribution >= 4 is 15.9 Å². The number of aliphatic hydroxyl groups excluding tert-OH is 1. The van der Waals surface area contributed by atoms with Gasteiger partial charge in [-0.15, -0.1) is 0 Å². The van der Waals surface area contributed by atoms with Crippen LogP contribution < -0.4 is 0 Å². The molecule has 0 amide bonds. The first-order valence-corrected chi connectivity index (χ1v) is 7.78. The van der Waals surface area contributed by atoms with E-state index in [-0.39, 0.29) is 11.5 Å². The molecule has 1 fully saturated rings.